The maximum Gasteiger partial charge on any atom is 0.251 e. The van der Waals surface area contributed by atoms with Crippen LogP contribution in [-0.4, -0.2) is 43.4 Å². The Labute approximate surface area is 113 Å². The molecule has 0 aliphatic carbocycles. The lowest BCUT2D eigenvalue weighted by Crippen LogP contribution is -2.35. The summed E-state index contributed by atoms with van der Waals surface area (Å²) in [6.07, 6.45) is 0.0576. The van der Waals surface area contributed by atoms with Crippen LogP contribution < -0.4 is 10.6 Å². The number of ether oxygens (including phenoxy) is 1. The molecule has 2 unspecified atom stereocenters. The molecule has 1 saturated heterocycles. The van der Waals surface area contributed by atoms with Crippen molar-refractivity contribution in [2.45, 2.75) is 19.1 Å². The number of amides is 1. The average molecular weight is 264 g/mol. The van der Waals surface area contributed by atoms with Crippen LogP contribution in [0.2, 0.25) is 0 Å². The Hall–Kier alpha value is -1.43. The first-order chi connectivity index (χ1) is 9.20. The largest absolute Gasteiger partial charge is 0.394 e. The highest BCUT2D eigenvalue weighted by Gasteiger charge is 2.16. The van der Waals surface area contributed by atoms with Gasteiger partial charge in [-0.3, -0.25) is 4.79 Å². The maximum absolute atomic E-state index is 11.8. The van der Waals surface area contributed by atoms with E-state index in [1.807, 2.05) is 12.1 Å². The number of aliphatic hydroxyl groups is 1. The smallest absolute Gasteiger partial charge is 0.251 e. The van der Waals surface area contributed by atoms with E-state index in [0.29, 0.717) is 12.2 Å². The number of aliphatic hydroxyl groups excluding tert-OH is 1. The monoisotopic (exact) mass is 264 g/mol. The molecule has 1 amide bonds. The molecule has 0 aromatic heterocycles. The van der Waals surface area contributed by atoms with Crippen molar-refractivity contribution in [3.8, 4) is 0 Å². The molecule has 1 aliphatic heterocycles. The van der Waals surface area contributed by atoms with Crippen LogP contribution in [0, 0.1) is 0 Å². The zero-order valence-corrected chi connectivity index (χ0v) is 11.1. The average Bonchev–Trinajstić information content (AvgIpc) is 2.48. The van der Waals surface area contributed by atoms with Gasteiger partial charge in [-0.2, -0.15) is 0 Å². The van der Waals surface area contributed by atoms with Crippen molar-refractivity contribution in [2.75, 3.05) is 26.3 Å². The number of morpholine rings is 1. The number of hydrogen-bond donors (Lipinski definition) is 3. The Bertz CT molecular complexity index is 413. The third-order valence-corrected chi connectivity index (χ3v) is 3.12. The molecular formula is C14H20N2O3. The van der Waals surface area contributed by atoms with Gasteiger partial charge in [-0.1, -0.05) is 12.1 Å². The minimum Gasteiger partial charge on any atom is -0.394 e. The summed E-state index contributed by atoms with van der Waals surface area (Å²) < 4.78 is 5.65. The van der Waals surface area contributed by atoms with Crippen molar-refractivity contribution in [1.82, 2.24) is 10.6 Å². The first kappa shape index (κ1) is 14.0. The molecule has 1 fully saturated rings. The van der Waals surface area contributed by atoms with Gasteiger partial charge in [0.2, 0.25) is 0 Å². The topological polar surface area (TPSA) is 70.6 Å². The van der Waals surface area contributed by atoms with Gasteiger partial charge in [0, 0.05) is 24.7 Å². The van der Waals surface area contributed by atoms with Gasteiger partial charge in [0.1, 0.15) is 0 Å². The minimum absolute atomic E-state index is 0.0576. The fourth-order valence-corrected chi connectivity index (χ4v) is 1.98. The van der Waals surface area contributed by atoms with Crippen LogP contribution in [0.5, 0.6) is 0 Å². The molecule has 1 aromatic carbocycles. The Morgan fingerprint density at radius 2 is 2.26 bits per heavy atom. The lowest BCUT2D eigenvalue weighted by atomic mass is 10.1. The number of carbonyl (C=O) groups excluding carboxylic acids is 1. The van der Waals surface area contributed by atoms with Crippen LogP contribution in [0.4, 0.5) is 0 Å². The van der Waals surface area contributed by atoms with Gasteiger partial charge in [-0.25, -0.2) is 0 Å². The molecule has 2 rings (SSSR count). The summed E-state index contributed by atoms with van der Waals surface area (Å²) in [5.74, 6) is -0.171. The van der Waals surface area contributed by atoms with Gasteiger partial charge in [-0.05, 0) is 24.6 Å². The lowest BCUT2D eigenvalue weighted by molar-refractivity contribution is 0.0277. The summed E-state index contributed by atoms with van der Waals surface area (Å²) in [5.41, 5.74) is 1.66. The first-order valence-corrected chi connectivity index (χ1v) is 6.54. The van der Waals surface area contributed by atoms with Gasteiger partial charge in [0.05, 0.1) is 19.3 Å². The summed E-state index contributed by atoms with van der Waals surface area (Å²) in [6.45, 7) is 4.09. The van der Waals surface area contributed by atoms with E-state index in [0.717, 1.165) is 18.7 Å². The van der Waals surface area contributed by atoms with E-state index in [4.69, 9.17) is 9.84 Å². The van der Waals surface area contributed by atoms with Gasteiger partial charge in [0.15, 0.2) is 0 Å². The Balaban J connectivity index is 1.99. The van der Waals surface area contributed by atoms with Crippen molar-refractivity contribution in [3.63, 3.8) is 0 Å². The predicted molar refractivity (Wildman–Crippen MR) is 72.0 cm³/mol. The SMILES string of the molecule is CC(CO)NC(=O)c1ccc(C2CNCCO2)cc1. The molecule has 0 spiro atoms. The van der Waals surface area contributed by atoms with Gasteiger partial charge in [0.25, 0.3) is 5.91 Å². The van der Waals surface area contributed by atoms with Crippen LogP contribution in [0.1, 0.15) is 28.9 Å². The second kappa shape index (κ2) is 6.65. The van der Waals surface area contributed by atoms with Gasteiger partial charge < -0.3 is 20.5 Å². The fraction of sp³-hybridized carbons (Fsp3) is 0.500. The predicted octanol–water partition coefficient (Wildman–Crippen LogP) is 0.458. The zero-order valence-electron chi connectivity index (χ0n) is 11.1. The molecule has 1 heterocycles. The summed E-state index contributed by atoms with van der Waals surface area (Å²) in [6, 6.07) is 7.16. The van der Waals surface area contributed by atoms with Crippen LogP contribution >= 0.6 is 0 Å². The van der Waals surface area contributed by atoms with E-state index >= 15 is 0 Å². The van der Waals surface area contributed by atoms with Gasteiger partial charge in [-0.15, -0.1) is 0 Å². The Morgan fingerprint density at radius 1 is 1.53 bits per heavy atom. The number of rotatable bonds is 4. The normalized spacial score (nSPS) is 20.8. The van der Waals surface area contributed by atoms with Crippen molar-refractivity contribution in [3.05, 3.63) is 35.4 Å². The molecule has 104 valence electrons. The molecule has 2 atom stereocenters. The van der Waals surface area contributed by atoms with Crippen molar-refractivity contribution in [1.29, 1.82) is 0 Å². The number of benzene rings is 1. The zero-order chi connectivity index (χ0) is 13.7. The molecule has 3 N–H and O–H groups in total. The standard InChI is InChI=1S/C14H20N2O3/c1-10(9-17)16-14(18)12-4-2-11(3-5-12)13-8-15-6-7-19-13/h2-5,10,13,15,17H,6-9H2,1H3,(H,16,18). The second-order valence-electron chi connectivity index (χ2n) is 4.74. The van der Waals surface area contributed by atoms with Crippen LogP contribution in [0.15, 0.2) is 24.3 Å². The summed E-state index contributed by atoms with van der Waals surface area (Å²) in [5, 5.41) is 14.9. The molecule has 1 aliphatic rings. The highest BCUT2D eigenvalue weighted by Crippen LogP contribution is 2.19. The highest BCUT2D eigenvalue weighted by atomic mass is 16.5. The molecule has 0 radical (unpaired) electrons. The van der Waals surface area contributed by atoms with Crippen LogP contribution in [0.3, 0.4) is 0 Å². The van der Waals surface area contributed by atoms with E-state index in [2.05, 4.69) is 10.6 Å². The van der Waals surface area contributed by atoms with E-state index in [-0.39, 0.29) is 24.7 Å². The summed E-state index contributed by atoms with van der Waals surface area (Å²) in [7, 11) is 0. The lowest BCUT2D eigenvalue weighted by Gasteiger charge is -2.24. The van der Waals surface area contributed by atoms with Crippen molar-refractivity contribution in [2.24, 2.45) is 0 Å². The number of nitrogens with one attached hydrogen (secondary N) is 2. The maximum atomic E-state index is 11.8. The summed E-state index contributed by atoms with van der Waals surface area (Å²) >= 11 is 0. The second-order valence-corrected chi connectivity index (χ2v) is 4.74. The van der Waals surface area contributed by atoms with Crippen LogP contribution in [0.25, 0.3) is 0 Å². The Morgan fingerprint density at radius 3 is 2.84 bits per heavy atom. The molecule has 19 heavy (non-hydrogen) atoms. The van der Waals surface area contributed by atoms with E-state index in [1.165, 1.54) is 0 Å². The molecule has 0 bridgehead atoms. The minimum atomic E-state index is -0.238. The molecule has 1 aromatic rings. The fourth-order valence-electron chi connectivity index (χ4n) is 1.98. The third kappa shape index (κ3) is 3.76. The van der Waals surface area contributed by atoms with Crippen molar-refractivity contribution >= 4 is 5.91 Å². The van der Waals surface area contributed by atoms with Crippen LogP contribution in [-0.2, 0) is 4.74 Å². The number of hydrogen-bond acceptors (Lipinski definition) is 4. The molecule has 0 saturated carbocycles. The molecule has 5 nitrogen and oxygen atoms in total. The number of carbonyl (C=O) groups is 1. The first-order valence-electron chi connectivity index (χ1n) is 6.54. The summed E-state index contributed by atoms with van der Waals surface area (Å²) in [4.78, 5) is 11.8. The van der Waals surface area contributed by atoms with Gasteiger partial charge >= 0.3 is 0 Å². The van der Waals surface area contributed by atoms with E-state index < -0.39 is 0 Å². The van der Waals surface area contributed by atoms with E-state index in [9.17, 15) is 4.79 Å². The molecule has 5 heteroatoms. The quantitative estimate of drug-likeness (QED) is 0.739. The van der Waals surface area contributed by atoms with E-state index in [1.54, 1.807) is 19.1 Å². The third-order valence-electron chi connectivity index (χ3n) is 3.12. The molecular weight excluding hydrogens is 244 g/mol. The Kier molecular flexibility index (Phi) is 4.90. The van der Waals surface area contributed by atoms with Crippen molar-refractivity contribution < 1.29 is 14.6 Å². The highest BCUT2D eigenvalue weighted by molar-refractivity contribution is 5.94.